The molecule has 1 aliphatic carbocycles. The molecule has 1 saturated carbocycles. The average Bonchev–Trinajstić information content (AvgIpc) is 2.66. The number of ether oxygens (including phenoxy) is 1. The number of fused-ring (bicyclic) bond motifs is 1. The summed E-state index contributed by atoms with van der Waals surface area (Å²) in [5.74, 6) is 0.883. The Balaban J connectivity index is 1.86. The van der Waals surface area contributed by atoms with Gasteiger partial charge < -0.3 is 15.5 Å². The molecule has 1 fully saturated rings. The standard InChI is InChI=1S/C17H22N2O2/c1-11-9-15-12(7-8-19-17(15)20)10-16(11)21-14-4-2-3-13(18)5-6-14/h7-10,13-14H,2-6,18H2,1H3,(H,19,20)/t13-,14+/m1/s1. The highest BCUT2D eigenvalue weighted by Gasteiger charge is 2.18. The van der Waals surface area contributed by atoms with Gasteiger partial charge in [-0.2, -0.15) is 0 Å². The number of nitrogens with one attached hydrogen (secondary N) is 1. The van der Waals surface area contributed by atoms with E-state index in [9.17, 15) is 4.79 Å². The molecule has 3 rings (SSSR count). The normalized spacial score (nSPS) is 23.0. The third kappa shape index (κ3) is 3.10. The van der Waals surface area contributed by atoms with Crippen molar-refractivity contribution < 1.29 is 4.74 Å². The lowest BCUT2D eigenvalue weighted by Crippen LogP contribution is -2.20. The molecule has 3 N–H and O–H groups in total. The second-order valence-corrected chi connectivity index (χ2v) is 6.02. The lowest BCUT2D eigenvalue weighted by Gasteiger charge is -2.19. The Kier molecular flexibility index (Phi) is 3.97. The number of pyridine rings is 1. The molecule has 0 saturated heterocycles. The van der Waals surface area contributed by atoms with Crippen LogP contribution in [0.2, 0.25) is 0 Å². The second kappa shape index (κ2) is 5.90. The van der Waals surface area contributed by atoms with E-state index in [-0.39, 0.29) is 11.7 Å². The largest absolute Gasteiger partial charge is 0.490 e. The number of aromatic nitrogens is 1. The number of H-pyrrole nitrogens is 1. The van der Waals surface area contributed by atoms with Crippen molar-refractivity contribution in [3.8, 4) is 5.75 Å². The molecular weight excluding hydrogens is 264 g/mol. The summed E-state index contributed by atoms with van der Waals surface area (Å²) in [4.78, 5) is 14.5. The molecule has 0 amide bonds. The minimum absolute atomic E-state index is 0.0532. The van der Waals surface area contributed by atoms with E-state index in [1.54, 1.807) is 6.20 Å². The number of rotatable bonds is 2. The zero-order valence-electron chi connectivity index (χ0n) is 12.4. The van der Waals surface area contributed by atoms with Gasteiger partial charge in [0.1, 0.15) is 5.75 Å². The van der Waals surface area contributed by atoms with Crippen molar-refractivity contribution in [2.75, 3.05) is 0 Å². The monoisotopic (exact) mass is 286 g/mol. The van der Waals surface area contributed by atoms with Gasteiger partial charge in [-0.25, -0.2) is 0 Å². The fourth-order valence-electron chi connectivity index (χ4n) is 3.04. The second-order valence-electron chi connectivity index (χ2n) is 6.02. The summed E-state index contributed by atoms with van der Waals surface area (Å²) in [6.45, 7) is 1.99. The number of aromatic amines is 1. The molecule has 1 aromatic carbocycles. The van der Waals surface area contributed by atoms with E-state index in [0.717, 1.165) is 48.8 Å². The fourth-order valence-corrected chi connectivity index (χ4v) is 3.04. The molecule has 2 aromatic rings. The summed E-state index contributed by atoms with van der Waals surface area (Å²) in [6.07, 6.45) is 7.21. The minimum atomic E-state index is -0.0532. The SMILES string of the molecule is Cc1cc2c(=O)[nH]ccc2cc1O[C@H]1CCC[C@@H](N)CC1. The van der Waals surface area contributed by atoms with E-state index in [2.05, 4.69) is 4.98 Å². The van der Waals surface area contributed by atoms with Crippen molar-refractivity contribution in [2.45, 2.75) is 51.2 Å². The van der Waals surface area contributed by atoms with Crippen molar-refractivity contribution in [2.24, 2.45) is 5.73 Å². The molecule has 0 aliphatic heterocycles. The highest BCUT2D eigenvalue weighted by molar-refractivity contribution is 5.83. The molecule has 4 heteroatoms. The summed E-state index contributed by atoms with van der Waals surface area (Å²) < 4.78 is 6.19. The van der Waals surface area contributed by atoms with E-state index < -0.39 is 0 Å². The Bertz CT molecular complexity index is 693. The van der Waals surface area contributed by atoms with Crippen LogP contribution in [0.15, 0.2) is 29.2 Å². The lowest BCUT2D eigenvalue weighted by atomic mass is 10.1. The first-order chi connectivity index (χ1) is 10.1. The maximum Gasteiger partial charge on any atom is 0.255 e. The van der Waals surface area contributed by atoms with Gasteiger partial charge in [0.05, 0.1) is 6.10 Å². The molecule has 0 radical (unpaired) electrons. The Morgan fingerprint density at radius 2 is 2.10 bits per heavy atom. The summed E-state index contributed by atoms with van der Waals surface area (Å²) in [7, 11) is 0. The number of hydrogen-bond donors (Lipinski definition) is 2. The van der Waals surface area contributed by atoms with E-state index in [1.807, 2.05) is 25.1 Å². The Labute approximate surface area is 124 Å². The first-order valence-corrected chi connectivity index (χ1v) is 7.68. The van der Waals surface area contributed by atoms with Crippen molar-refractivity contribution in [3.63, 3.8) is 0 Å². The zero-order chi connectivity index (χ0) is 14.8. The third-order valence-electron chi connectivity index (χ3n) is 4.32. The molecule has 4 nitrogen and oxygen atoms in total. The first-order valence-electron chi connectivity index (χ1n) is 7.68. The Morgan fingerprint density at radius 3 is 2.95 bits per heavy atom. The van der Waals surface area contributed by atoms with Crippen LogP contribution in [-0.2, 0) is 0 Å². The van der Waals surface area contributed by atoms with Gasteiger partial charge in [-0.3, -0.25) is 4.79 Å². The topological polar surface area (TPSA) is 68.1 Å². The third-order valence-corrected chi connectivity index (χ3v) is 4.32. The van der Waals surface area contributed by atoms with Gasteiger partial charge in [0.2, 0.25) is 0 Å². The summed E-state index contributed by atoms with van der Waals surface area (Å²) in [6, 6.07) is 6.11. The molecule has 1 heterocycles. The van der Waals surface area contributed by atoms with Crippen LogP contribution >= 0.6 is 0 Å². The van der Waals surface area contributed by atoms with Crippen LogP contribution in [0.4, 0.5) is 0 Å². The van der Waals surface area contributed by atoms with E-state index >= 15 is 0 Å². The minimum Gasteiger partial charge on any atom is -0.490 e. The molecular formula is C17H22N2O2. The van der Waals surface area contributed by atoms with E-state index in [1.165, 1.54) is 0 Å². The van der Waals surface area contributed by atoms with Gasteiger partial charge in [0.15, 0.2) is 0 Å². The first kappa shape index (κ1) is 14.1. The Morgan fingerprint density at radius 1 is 1.24 bits per heavy atom. The van der Waals surface area contributed by atoms with Gasteiger partial charge >= 0.3 is 0 Å². The Hall–Kier alpha value is -1.81. The van der Waals surface area contributed by atoms with Gasteiger partial charge in [-0.05, 0) is 68.2 Å². The van der Waals surface area contributed by atoms with E-state index in [0.29, 0.717) is 11.4 Å². The van der Waals surface area contributed by atoms with Gasteiger partial charge in [-0.15, -0.1) is 0 Å². The molecule has 0 spiro atoms. The highest BCUT2D eigenvalue weighted by atomic mass is 16.5. The molecule has 2 atom stereocenters. The maximum atomic E-state index is 11.8. The van der Waals surface area contributed by atoms with Crippen LogP contribution in [0, 0.1) is 6.92 Å². The highest BCUT2D eigenvalue weighted by Crippen LogP contribution is 2.27. The summed E-state index contributed by atoms with van der Waals surface area (Å²) >= 11 is 0. The quantitative estimate of drug-likeness (QED) is 0.834. The van der Waals surface area contributed by atoms with Gasteiger partial charge in [0.25, 0.3) is 5.56 Å². The lowest BCUT2D eigenvalue weighted by molar-refractivity contribution is 0.182. The zero-order valence-corrected chi connectivity index (χ0v) is 12.4. The molecule has 112 valence electrons. The molecule has 0 bridgehead atoms. The average molecular weight is 286 g/mol. The van der Waals surface area contributed by atoms with Crippen LogP contribution in [0.3, 0.4) is 0 Å². The smallest absolute Gasteiger partial charge is 0.255 e. The van der Waals surface area contributed by atoms with Crippen LogP contribution in [0.5, 0.6) is 5.75 Å². The van der Waals surface area contributed by atoms with E-state index in [4.69, 9.17) is 10.5 Å². The van der Waals surface area contributed by atoms with Gasteiger partial charge in [-0.1, -0.05) is 0 Å². The van der Waals surface area contributed by atoms with Crippen molar-refractivity contribution >= 4 is 10.8 Å². The summed E-state index contributed by atoms with van der Waals surface area (Å²) in [5, 5.41) is 1.63. The number of nitrogens with two attached hydrogens (primary N) is 1. The van der Waals surface area contributed by atoms with Crippen LogP contribution < -0.4 is 16.0 Å². The van der Waals surface area contributed by atoms with Crippen molar-refractivity contribution in [1.82, 2.24) is 4.98 Å². The predicted molar refractivity (Wildman–Crippen MR) is 84.8 cm³/mol. The van der Waals surface area contributed by atoms with Crippen molar-refractivity contribution in [3.05, 3.63) is 40.3 Å². The van der Waals surface area contributed by atoms with Crippen LogP contribution in [0.25, 0.3) is 10.8 Å². The predicted octanol–water partition coefficient (Wildman–Crippen LogP) is 2.88. The number of hydrogen-bond acceptors (Lipinski definition) is 3. The van der Waals surface area contributed by atoms with Crippen LogP contribution in [-0.4, -0.2) is 17.1 Å². The number of aryl methyl sites for hydroxylation is 1. The number of benzene rings is 1. The fraction of sp³-hybridized carbons (Fsp3) is 0.471. The molecule has 0 unspecified atom stereocenters. The van der Waals surface area contributed by atoms with Gasteiger partial charge in [0, 0.05) is 17.6 Å². The molecule has 21 heavy (non-hydrogen) atoms. The summed E-state index contributed by atoms with van der Waals surface area (Å²) in [5.41, 5.74) is 6.97. The molecule has 1 aromatic heterocycles. The molecule has 1 aliphatic rings. The van der Waals surface area contributed by atoms with Crippen LogP contribution in [0.1, 0.15) is 37.7 Å². The van der Waals surface area contributed by atoms with Crippen molar-refractivity contribution in [1.29, 1.82) is 0 Å². The maximum absolute atomic E-state index is 11.8.